The molecule has 1 unspecified atom stereocenters. The van der Waals surface area contributed by atoms with Gasteiger partial charge in [-0.25, -0.2) is 0 Å². The summed E-state index contributed by atoms with van der Waals surface area (Å²) in [5, 5.41) is 17.1. The van der Waals surface area contributed by atoms with Crippen molar-refractivity contribution >= 4 is 22.9 Å². The Morgan fingerprint density at radius 2 is 1.84 bits per heavy atom. The molecule has 126 valence electrons. The summed E-state index contributed by atoms with van der Waals surface area (Å²) < 4.78 is 0. The standard InChI is InChI=1S/C19H17N3O3/c1-22-8-7-19(9-22)20-12-6-5-11-15(16(12)21-19)18(25)14-10(17(11)24)3-2-4-13(14)23/h2-6,20-21,23H,7-9H2,1H3. The Morgan fingerprint density at radius 1 is 1.04 bits per heavy atom. The predicted molar refractivity (Wildman–Crippen MR) is 93.5 cm³/mol. The predicted octanol–water partition coefficient (Wildman–Crippen LogP) is 2.04. The maximum absolute atomic E-state index is 13.1. The lowest BCUT2D eigenvalue weighted by Gasteiger charge is -2.25. The summed E-state index contributed by atoms with van der Waals surface area (Å²) in [5.74, 6) is -0.688. The van der Waals surface area contributed by atoms with Gasteiger partial charge in [0.25, 0.3) is 0 Å². The van der Waals surface area contributed by atoms with Crippen LogP contribution in [0.15, 0.2) is 30.3 Å². The maximum Gasteiger partial charge on any atom is 0.200 e. The van der Waals surface area contributed by atoms with Gasteiger partial charge in [-0.1, -0.05) is 12.1 Å². The quantitative estimate of drug-likeness (QED) is 0.583. The Balaban J connectivity index is 1.69. The Morgan fingerprint density at radius 3 is 2.60 bits per heavy atom. The van der Waals surface area contributed by atoms with E-state index in [1.807, 2.05) is 6.07 Å². The fourth-order valence-electron chi connectivity index (χ4n) is 4.23. The van der Waals surface area contributed by atoms with Crippen molar-refractivity contribution in [3.8, 4) is 5.75 Å². The van der Waals surface area contributed by atoms with Gasteiger partial charge in [0.1, 0.15) is 11.4 Å². The van der Waals surface area contributed by atoms with Gasteiger partial charge in [-0.15, -0.1) is 0 Å². The van der Waals surface area contributed by atoms with Crippen molar-refractivity contribution < 1.29 is 14.7 Å². The molecule has 1 aliphatic carbocycles. The van der Waals surface area contributed by atoms with Crippen molar-refractivity contribution in [2.75, 3.05) is 30.8 Å². The molecule has 3 aliphatic rings. The molecule has 0 aromatic heterocycles. The molecule has 25 heavy (non-hydrogen) atoms. The third-order valence-corrected chi connectivity index (χ3v) is 5.39. The summed E-state index contributed by atoms with van der Waals surface area (Å²) >= 11 is 0. The van der Waals surface area contributed by atoms with Crippen molar-refractivity contribution in [3.63, 3.8) is 0 Å². The lowest BCUT2D eigenvalue weighted by atomic mass is 9.82. The highest BCUT2D eigenvalue weighted by Crippen LogP contribution is 2.45. The van der Waals surface area contributed by atoms with Crippen LogP contribution in [-0.2, 0) is 0 Å². The van der Waals surface area contributed by atoms with Crippen LogP contribution < -0.4 is 10.6 Å². The number of nitrogens with zero attached hydrogens (tertiary/aromatic N) is 1. The summed E-state index contributed by atoms with van der Waals surface area (Å²) in [6, 6.07) is 8.17. The topological polar surface area (TPSA) is 81.7 Å². The highest BCUT2D eigenvalue weighted by molar-refractivity contribution is 6.31. The van der Waals surface area contributed by atoms with E-state index in [1.54, 1.807) is 18.2 Å². The van der Waals surface area contributed by atoms with E-state index in [0.29, 0.717) is 16.8 Å². The number of phenolic OH excluding ortho intramolecular Hbond substituents is 1. The Labute approximate surface area is 144 Å². The number of likely N-dealkylation sites (tertiary alicyclic amines) is 1. The molecule has 1 fully saturated rings. The van der Waals surface area contributed by atoms with Gasteiger partial charge < -0.3 is 20.6 Å². The Kier molecular flexibility index (Phi) is 2.67. The molecule has 0 bridgehead atoms. The minimum absolute atomic E-state index is 0.0969. The third kappa shape index (κ3) is 1.83. The number of nitrogens with one attached hydrogen (secondary N) is 2. The largest absolute Gasteiger partial charge is 0.507 e. The van der Waals surface area contributed by atoms with E-state index >= 15 is 0 Å². The van der Waals surface area contributed by atoms with Crippen LogP contribution in [0, 0.1) is 0 Å². The number of carbonyl (C=O) groups is 2. The van der Waals surface area contributed by atoms with Crippen molar-refractivity contribution in [2.45, 2.75) is 12.1 Å². The van der Waals surface area contributed by atoms with Crippen molar-refractivity contribution in [1.29, 1.82) is 0 Å². The van der Waals surface area contributed by atoms with Gasteiger partial charge in [0.15, 0.2) is 11.6 Å². The number of hydrogen-bond acceptors (Lipinski definition) is 6. The molecule has 6 heteroatoms. The van der Waals surface area contributed by atoms with Gasteiger partial charge in [0.05, 0.1) is 22.5 Å². The van der Waals surface area contributed by atoms with Crippen LogP contribution in [0.4, 0.5) is 11.4 Å². The highest BCUT2D eigenvalue weighted by Gasteiger charge is 2.45. The van der Waals surface area contributed by atoms with E-state index < -0.39 is 0 Å². The number of likely N-dealkylation sites (N-methyl/N-ethyl adjacent to an activating group) is 1. The van der Waals surface area contributed by atoms with E-state index in [4.69, 9.17) is 0 Å². The molecule has 2 aliphatic heterocycles. The zero-order valence-electron chi connectivity index (χ0n) is 13.7. The zero-order chi connectivity index (χ0) is 17.3. The van der Waals surface area contributed by atoms with Crippen molar-refractivity contribution in [3.05, 3.63) is 52.6 Å². The smallest absolute Gasteiger partial charge is 0.200 e. The molecule has 0 radical (unpaired) electrons. The Hall–Kier alpha value is -2.86. The molecule has 6 nitrogen and oxygen atoms in total. The van der Waals surface area contributed by atoms with Gasteiger partial charge in [-0.3, -0.25) is 9.59 Å². The monoisotopic (exact) mass is 335 g/mol. The summed E-state index contributed by atoms with van der Waals surface area (Å²) in [6.45, 7) is 1.76. The molecule has 2 heterocycles. The first-order chi connectivity index (χ1) is 12.0. The SMILES string of the molecule is CN1CCC2(C1)Nc1ccc3c(c1N2)C(=O)c1c(O)cccc1C3=O. The number of benzene rings is 2. The molecular formula is C19H17N3O3. The van der Waals surface area contributed by atoms with Gasteiger partial charge >= 0.3 is 0 Å². The molecule has 2 aromatic rings. The van der Waals surface area contributed by atoms with Crippen molar-refractivity contribution in [1.82, 2.24) is 4.90 Å². The molecule has 1 saturated heterocycles. The summed E-state index contributed by atoms with van der Waals surface area (Å²) in [5.41, 5.74) is 2.29. The number of anilines is 2. The number of hydrogen-bond donors (Lipinski definition) is 3. The van der Waals surface area contributed by atoms with Crippen LogP contribution in [0.3, 0.4) is 0 Å². The lowest BCUT2D eigenvalue weighted by molar-refractivity contribution is 0.0977. The molecule has 1 atom stereocenters. The molecule has 2 aromatic carbocycles. The minimum atomic E-state index is -0.311. The molecular weight excluding hydrogens is 318 g/mol. The van der Waals surface area contributed by atoms with Gasteiger partial charge in [-0.2, -0.15) is 0 Å². The first-order valence-electron chi connectivity index (χ1n) is 8.32. The maximum atomic E-state index is 13.1. The van der Waals surface area contributed by atoms with Gasteiger partial charge in [0, 0.05) is 30.6 Å². The lowest BCUT2D eigenvalue weighted by Crippen LogP contribution is -2.44. The first-order valence-corrected chi connectivity index (χ1v) is 8.32. The number of aromatic hydroxyl groups is 1. The Bertz CT molecular complexity index is 969. The number of carbonyl (C=O) groups excluding carboxylic acids is 2. The second-order valence-corrected chi connectivity index (χ2v) is 7.09. The third-order valence-electron chi connectivity index (χ3n) is 5.39. The number of rotatable bonds is 0. The molecule has 0 saturated carbocycles. The average Bonchev–Trinajstić information content (AvgIpc) is 3.13. The highest BCUT2D eigenvalue weighted by atomic mass is 16.3. The minimum Gasteiger partial charge on any atom is -0.507 e. The van der Waals surface area contributed by atoms with Crippen LogP contribution in [0.25, 0.3) is 0 Å². The van der Waals surface area contributed by atoms with Crippen LogP contribution in [0.2, 0.25) is 0 Å². The summed E-state index contributed by atoms with van der Waals surface area (Å²) in [4.78, 5) is 28.2. The molecule has 5 rings (SSSR count). The molecule has 0 amide bonds. The second kappa shape index (κ2) is 4.61. The zero-order valence-corrected chi connectivity index (χ0v) is 13.7. The van der Waals surface area contributed by atoms with Crippen LogP contribution in [0.5, 0.6) is 5.75 Å². The van der Waals surface area contributed by atoms with Crippen LogP contribution in [-0.4, -0.2) is 47.4 Å². The fraction of sp³-hybridized carbons (Fsp3) is 0.263. The second-order valence-electron chi connectivity index (χ2n) is 7.09. The van der Waals surface area contributed by atoms with E-state index in [9.17, 15) is 14.7 Å². The summed E-state index contributed by atoms with van der Waals surface area (Å²) in [7, 11) is 2.06. The first kappa shape index (κ1) is 14.5. The van der Waals surface area contributed by atoms with Gasteiger partial charge in [0.2, 0.25) is 0 Å². The fourth-order valence-corrected chi connectivity index (χ4v) is 4.23. The number of fused-ring (bicyclic) bond motifs is 4. The number of ketones is 2. The van der Waals surface area contributed by atoms with E-state index in [1.165, 1.54) is 6.07 Å². The molecule has 3 N–H and O–H groups in total. The van der Waals surface area contributed by atoms with Crippen LogP contribution >= 0.6 is 0 Å². The van der Waals surface area contributed by atoms with Gasteiger partial charge in [-0.05, 0) is 25.2 Å². The van der Waals surface area contributed by atoms with E-state index in [2.05, 4.69) is 22.6 Å². The number of phenols is 1. The van der Waals surface area contributed by atoms with Crippen LogP contribution in [0.1, 0.15) is 38.3 Å². The normalized spacial score (nSPS) is 23.9. The summed E-state index contributed by atoms with van der Waals surface area (Å²) in [6.07, 6.45) is 0.900. The van der Waals surface area contributed by atoms with E-state index in [0.717, 1.165) is 25.2 Å². The average molecular weight is 335 g/mol. The van der Waals surface area contributed by atoms with Crippen molar-refractivity contribution in [2.24, 2.45) is 0 Å². The van der Waals surface area contributed by atoms with E-state index in [-0.39, 0.29) is 34.1 Å². The molecule has 1 spiro atoms.